The zero-order valence-corrected chi connectivity index (χ0v) is 19.7. The van der Waals surface area contributed by atoms with Crippen LogP contribution in [-0.2, 0) is 10.0 Å². The van der Waals surface area contributed by atoms with E-state index < -0.39 is 10.0 Å². The van der Waals surface area contributed by atoms with E-state index in [2.05, 4.69) is 19.7 Å². The number of halogens is 1. The van der Waals surface area contributed by atoms with Crippen LogP contribution in [0.3, 0.4) is 0 Å². The van der Waals surface area contributed by atoms with Gasteiger partial charge in [0.1, 0.15) is 0 Å². The lowest BCUT2D eigenvalue weighted by Gasteiger charge is -2.13. The van der Waals surface area contributed by atoms with Crippen molar-refractivity contribution in [3.63, 3.8) is 0 Å². The van der Waals surface area contributed by atoms with E-state index in [4.69, 9.17) is 11.6 Å². The SMILES string of the molecule is Cc1ccccc1S(=O)(=O)Nc1cc(-c2ccc3nccc(-c4ccncc4)c3c2)cnc1Cl. The summed E-state index contributed by atoms with van der Waals surface area (Å²) in [6.07, 6.45) is 6.90. The molecule has 0 aliphatic heterocycles. The molecule has 0 saturated carbocycles. The Balaban J connectivity index is 1.57. The molecule has 8 heteroatoms. The van der Waals surface area contributed by atoms with Gasteiger partial charge in [-0.2, -0.15) is 0 Å². The Hall–Kier alpha value is -3.81. The van der Waals surface area contributed by atoms with Gasteiger partial charge in [-0.05, 0) is 71.6 Å². The lowest BCUT2D eigenvalue weighted by atomic mass is 9.98. The van der Waals surface area contributed by atoms with Crippen molar-refractivity contribution in [2.75, 3.05) is 4.72 Å². The average molecular weight is 487 g/mol. The number of nitrogens with one attached hydrogen (secondary N) is 1. The fourth-order valence-electron chi connectivity index (χ4n) is 3.84. The summed E-state index contributed by atoms with van der Waals surface area (Å²) in [5.74, 6) is 0. The van der Waals surface area contributed by atoms with E-state index in [9.17, 15) is 8.42 Å². The van der Waals surface area contributed by atoms with Gasteiger partial charge < -0.3 is 0 Å². The number of sulfonamides is 1. The Kier molecular flexibility index (Phi) is 5.73. The van der Waals surface area contributed by atoms with Gasteiger partial charge in [0, 0.05) is 35.7 Å². The summed E-state index contributed by atoms with van der Waals surface area (Å²) >= 11 is 6.26. The maximum atomic E-state index is 13.0. The van der Waals surface area contributed by atoms with Crippen molar-refractivity contribution in [2.24, 2.45) is 0 Å². The molecule has 2 aromatic carbocycles. The number of fused-ring (bicyclic) bond motifs is 1. The van der Waals surface area contributed by atoms with Crippen molar-refractivity contribution in [1.29, 1.82) is 0 Å². The maximum Gasteiger partial charge on any atom is 0.262 e. The first-order valence-corrected chi connectivity index (χ1v) is 12.3. The molecule has 0 spiro atoms. The molecule has 1 N–H and O–H groups in total. The first kappa shape index (κ1) is 22.0. The molecule has 3 heterocycles. The van der Waals surface area contributed by atoms with Crippen LogP contribution in [0.5, 0.6) is 0 Å². The van der Waals surface area contributed by atoms with Gasteiger partial charge in [-0.3, -0.25) is 14.7 Å². The van der Waals surface area contributed by atoms with E-state index >= 15 is 0 Å². The molecule has 3 aromatic heterocycles. The van der Waals surface area contributed by atoms with Crippen LogP contribution in [0.1, 0.15) is 5.56 Å². The molecule has 0 radical (unpaired) electrons. The molecule has 0 fully saturated rings. The van der Waals surface area contributed by atoms with Crippen molar-refractivity contribution in [3.8, 4) is 22.3 Å². The van der Waals surface area contributed by atoms with Crippen LogP contribution in [-0.4, -0.2) is 23.4 Å². The van der Waals surface area contributed by atoms with E-state index in [1.165, 1.54) is 0 Å². The Bertz CT molecular complexity index is 1620. The van der Waals surface area contributed by atoms with E-state index in [0.29, 0.717) is 5.56 Å². The second-order valence-electron chi connectivity index (χ2n) is 7.76. The molecule has 0 bridgehead atoms. The number of benzene rings is 2. The third-order valence-corrected chi connectivity index (χ3v) is 7.36. The second-order valence-corrected chi connectivity index (χ2v) is 9.77. The molecule has 0 aliphatic carbocycles. The lowest BCUT2D eigenvalue weighted by Crippen LogP contribution is -2.14. The molecule has 5 aromatic rings. The number of hydrogen-bond acceptors (Lipinski definition) is 5. The quantitative estimate of drug-likeness (QED) is 0.302. The Morgan fingerprint density at radius 1 is 0.824 bits per heavy atom. The molecular formula is C26H19ClN4O2S. The summed E-state index contributed by atoms with van der Waals surface area (Å²) in [4.78, 5) is 13.0. The molecule has 0 atom stereocenters. The van der Waals surface area contributed by atoms with Crippen LogP contribution < -0.4 is 4.72 Å². The number of rotatable bonds is 5. The molecular weight excluding hydrogens is 468 g/mol. The Morgan fingerprint density at radius 3 is 2.41 bits per heavy atom. The predicted molar refractivity (Wildman–Crippen MR) is 135 cm³/mol. The van der Waals surface area contributed by atoms with E-state index in [1.54, 1.807) is 62.0 Å². The van der Waals surface area contributed by atoms with Crippen LogP contribution in [0, 0.1) is 6.92 Å². The predicted octanol–water partition coefficient (Wildman–Crippen LogP) is 6.12. The summed E-state index contributed by atoms with van der Waals surface area (Å²) in [6.45, 7) is 1.74. The molecule has 0 amide bonds. The van der Waals surface area contributed by atoms with E-state index in [0.717, 1.165) is 33.2 Å². The monoisotopic (exact) mass is 486 g/mol. The normalized spacial score (nSPS) is 11.5. The van der Waals surface area contributed by atoms with E-state index in [1.807, 2.05) is 36.4 Å². The summed E-state index contributed by atoms with van der Waals surface area (Å²) in [6, 6.07) is 20.2. The second kappa shape index (κ2) is 8.85. The summed E-state index contributed by atoms with van der Waals surface area (Å²) in [5, 5.41) is 1.03. The van der Waals surface area contributed by atoms with E-state index in [-0.39, 0.29) is 15.7 Å². The fourth-order valence-corrected chi connectivity index (χ4v) is 5.36. The minimum atomic E-state index is -3.83. The molecule has 0 saturated heterocycles. The van der Waals surface area contributed by atoms with Gasteiger partial charge in [0.2, 0.25) is 0 Å². The van der Waals surface area contributed by atoms with Crippen LogP contribution >= 0.6 is 11.6 Å². The summed E-state index contributed by atoms with van der Waals surface area (Å²) in [7, 11) is -3.83. The molecule has 0 aliphatic rings. The molecule has 6 nitrogen and oxygen atoms in total. The fraction of sp³-hybridized carbons (Fsp3) is 0.0385. The highest BCUT2D eigenvalue weighted by Gasteiger charge is 2.19. The third-order valence-electron chi connectivity index (χ3n) is 5.53. The molecule has 34 heavy (non-hydrogen) atoms. The van der Waals surface area contributed by atoms with Crippen LogP contribution in [0.2, 0.25) is 5.15 Å². The van der Waals surface area contributed by atoms with Gasteiger partial charge in [0.05, 0.1) is 16.1 Å². The minimum absolute atomic E-state index is 0.0702. The lowest BCUT2D eigenvalue weighted by molar-refractivity contribution is 0.600. The van der Waals surface area contributed by atoms with Gasteiger partial charge in [-0.1, -0.05) is 35.9 Å². The Morgan fingerprint density at radius 2 is 1.62 bits per heavy atom. The van der Waals surface area contributed by atoms with Crippen molar-refractivity contribution >= 4 is 38.2 Å². The number of aromatic nitrogens is 3. The highest BCUT2D eigenvalue weighted by Crippen LogP contribution is 2.33. The van der Waals surface area contributed by atoms with Crippen LogP contribution in [0.4, 0.5) is 5.69 Å². The van der Waals surface area contributed by atoms with Gasteiger partial charge in [0.25, 0.3) is 10.0 Å². The maximum absolute atomic E-state index is 13.0. The van der Waals surface area contributed by atoms with Crippen molar-refractivity contribution in [1.82, 2.24) is 15.0 Å². The average Bonchev–Trinajstić information content (AvgIpc) is 2.85. The first-order valence-electron chi connectivity index (χ1n) is 10.5. The number of hydrogen-bond donors (Lipinski definition) is 1. The molecule has 5 rings (SSSR count). The van der Waals surface area contributed by atoms with Gasteiger partial charge in [-0.15, -0.1) is 0 Å². The topological polar surface area (TPSA) is 84.8 Å². The highest BCUT2D eigenvalue weighted by molar-refractivity contribution is 7.92. The largest absolute Gasteiger partial charge is 0.276 e. The van der Waals surface area contributed by atoms with Crippen molar-refractivity contribution in [3.05, 3.63) is 102 Å². The molecule has 168 valence electrons. The summed E-state index contributed by atoms with van der Waals surface area (Å²) in [5.41, 5.74) is 5.33. The van der Waals surface area contributed by atoms with Crippen LogP contribution in [0.15, 0.2) is 96.4 Å². The van der Waals surface area contributed by atoms with Crippen molar-refractivity contribution < 1.29 is 8.42 Å². The number of aryl methyl sites for hydroxylation is 1. The smallest absolute Gasteiger partial charge is 0.262 e. The third kappa shape index (κ3) is 4.23. The van der Waals surface area contributed by atoms with Crippen LogP contribution in [0.25, 0.3) is 33.2 Å². The van der Waals surface area contributed by atoms with Gasteiger partial charge in [0.15, 0.2) is 5.15 Å². The standard InChI is InChI=1S/C26H19ClN4O2S/c1-17-4-2-3-5-25(17)34(32,33)31-24-15-20(16-30-26(24)27)19-6-7-23-22(14-19)21(10-13-29-23)18-8-11-28-12-9-18/h2-16,31H,1H3. The minimum Gasteiger partial charge on any atom is -0.276 e. The summed E-state index contributed by atoms with van der Waals surface area (Å²) < 4.78 is 28.6. The Labute approximate surface area is 202 Å². The molecule has 0 unspecified atom stereocenters. The van der Waals surface area contributed by atoms with Gasteiger partial charge in [-0.25, -0.2) is 13.4 Å². The first-order chi connectivity index (χ1) is 16.4. The van der Waals surface area contributed by atoms with Crippen molar-refractivity contribution in [2.45, 2.75) is 11.8 Å². The zero-order chi connectivity index (χ0) is 23.7. The number of anilines is 1. The van der Waals surface area contributed by atoms with Gasteiger partial charge >= 0.3 is 0 Å². The number of pyridine rings is 3. The highest BCUT2D eigenvalue weighted by atomic mass is 35.5. The zero-order valence-electron chi connectivity index (χ0n) is 18.1. The number of nitrogens with zero attached hydrogens (tertiary/aromatic N) is 3.